The summed E-state index contributed by atoms with van der Waals surface area (Å²) in [6, 6.07) is 16.6. The van der Waals surface area contributed by atoms with E-state index < -0.39 is 11.9 Å². The maximum Gasteiger partial charge on any atom is 0.435 e. The summed E-state index contributed by atoms with van der Waals surface area (Å²) < 4.78 is 51.4. The van der Waals surface area contributed by atoms with Crippen molar-refractivity contribution in [2.45, 2.75) is 275 Å². The fourth-order valence-electron chi connectivity index (χ4n) is 8.78. The predicted molar refractivity (Wildman–Crippen MR) is 343 cm³/mol. The zero-order valence-electron chi connectivity index (χ0n) is 57.7. The predicted octanol–water partition coefficient (Wildman–Crippen LogP) is 16.7. The second-order valence-corrected chi connectivity index (χ2v) is 23.9. The van der Waals surface area contributed by atoms with Crippen LogP contribution in [0.4, 0.5) is 13.2 Å². The van der Waals surface area contributed by atoms with Crippen molar-refractivity contribution in [1.82, 2.24) is 78.2 Å². The maximum atomic E-state index is 12.0. The summed E-state index contributed by atoms with van der Waals surface area (Å²) in [5.74, 6) is 0. The summed E-state index contributed by atoms with van der Waals surface area (Å²) in [5, 5.41) is 42.5. The number of aliphatic hydroxyl groups is 1. The average molecular weight is 1190 g/mol. The molecule has 0 saturated carbocycles. The molecule has 0 amide bonds. The molecule has 17 nitrogen and oxygen atoms in total. The van der Waals surface area contributed by atoms with Crippen molar-refractivity contribution < 1.29 is 18.3 Å². The summed E-state index contributed by atoms with van der Waals surface area (Å²) in [7, 11) is 0. The van der Waals surface area contributed by atoms with Crippen LogP contribution >= 0.6 is 0 Å². The lowest BCUT2D eigenvalue weighted by molar-refractivity contribution is -0.141. The summed E-state index contributed by atoms with van der Waals surface area (Å²) in [5.41, 5.74) is 15.5. The Morgan fingerprint density at radius 3 is 0.941 bits per heavy atom. The third kappa shape index (κ3) is 25.5. The van der Waals surface area contributed by atoms with Crippen molar-refractivity contribution in [2.75, 3.05) is 0 Å². The highest BCUT2D eigenvalue weighted by Gasteiger charge is 2.33. The number of aryl methyl sites for hydroxylation is 11. The van der Waals surface area contributed by atoms with Gasteiger partial charge < -0.3 is 5.11 Å². The van der Waals surface area contributed by atoms with Gasteiger partial charge in [-0.2, -0.15) is 54.0 Å². The lowest BCUT2D eigenvalue weighted by Crippen LogP contribution is -2.08. The molecule has 478 valence electrons. The highest BCUT2D eigenvalue weighted by Crippen LogP contribution is 2.28. The normalized spacial score (nSPS) is 11.2. The van der Waals surface area contributed by atoms with Crippen molar-refractivity contribution in [3.8, 4) is 0 Å². The molecule has 8 heterocycles. The summed E-state index contributed by atoms with van der Waals surface area (Å²) >= 11 is 0. The zero-order valence-corrected chi connectivity index (χ0v) is 57.7. The van der Waals surface area contributed by atoms with Crippen molar-refractivity contribution in [1.29, 1.82) is 0 Å². The number of hydrogen-bond acceptors (Lipinski definition) is 9. The first-order chi connectivity index (χ1) is 39.3. The molecular weight excluding hydrogens is 1080 g/mol. The fourth-order valence-corrected chi connectivity index (χ4v) is 8.78. The number of aromatic nitrogens is 16. The van der Waals surface area contributed by atoms with E-state index in [4.69, 9.17) is 5.11 Å². The molecule has 0 atom stereocenters. The van der Waals surface area contributed by atoms with Crippen LogP contribution in [-0.2, 0) is 25.6 Å². The first-order valence-electron chi connectivity index (χ1n) is 30.3. The molecule has 0 saturated heterocycles. The second-order valence-electron chi connectivity index (χ2n) is 23.9. The van der Waals surface area contributed by atoms with E-state index in [-0.39, 0.29) is 12.6 Å². The van der Waals surface area contributed by atoms with E-state index in [0.29, 0.717) is 42.3 Å². The van der Waals surface area contributed by atoms with E-state index in [9.17, 15) is 13.2 Å². The summed E-state index contributed by atoms with van der Waals surface area (Å²) in [6.07, 6.45) is 1.10. The van der Waals surface area contributed by atoms with Gasteiger partial charge in [0.05, 0.1) is 46.5 Å². The largest absolute Gasteiger partial charge is 0.435 e. The summed E-state index contributed by atoms with van der Waals surface area (Å²) in [6.45, 7) is 60.3. The molecule has 8 aromatic rings. The number of hydrogen-bond donors (Lipinski definition) is 1. The second kappa shape index (κ2) is 35.8. The molecule has 0 unspecified atom stereocenters. The van der Waals surface area contributed by atoms with Crippen LogP contribution < -0.4 is 0 Å². The quantitative estimate of drug-likeness (QED) is 0.133. The smallest absolute Gasteiger partial charge is 0.390 e. The van der Waals surface area contributed by atoms with Gasteiger partial charge in [0.1, 0.15) is 0 Å². The topological polar surface area (TPSA) is 163 Å². The number of alkyl halides is 3. The fraction of sp³-hybridized carbons (Fsp3) is 0.631. The molecule has 0 aliphatic rings. The standard InChI is InChI=1S/C10H18N2.C9H16N2.C8H14N2O.3C8H14N2.C7H9F3N2.C7H12N2/c1-5-9-7-10(6-2)12(11-9)8(3)4;1-6(2)11-9(5)7(3)8(4)10-11;1-6(2)10-7(3)4-8(5-11)9-10;3*1-6(2)10-8(4)5-7(3)9-10;1-5(2)12-4-3-6(11-12)7(8,9)10;1-6(2)9-5-4-7(3)8-9/h7-8H,5-6H2,1-4H3;6H,1-5H3;4,6,11H,5H2,1-3H3;3*5-6H,1-4H3;3-5H,1-2H3;4-6H,1-3H3. The minimum Gasteiger partial charge on any atom is -0.390 e. The molecule has 8 aromatic heterocycles. The Balaban J connectivity index is 0.000000486. The highest BCUT2D eigenvalue weighted by molar-refractivity contribution is 5.22. The summed E-state index contributed by atoms with van der Waals surface area (Å²) in [4.78, 5) is 0. The van der Waals surface area contributed by atoms with Gasteiger partial charge in [0.2, 0.25) is 0 Å². The van der Waals surface area contributed by atoms with E-state index in [0.717, 1.165) is 58.8 Å². The first kappa shape index (κ1) is 76.4. The minimum atomic E-state index is -4.33. The molecule has 85 heavy (non-hydrogen) atoms. The third-order valence-electron chi connectivity index (χ3n) is 13.2. The van der Waals surface area contributed by atoms with Gasteiger partial charge in [-0.05, 0) is 248 Å². The number of nitrogens with zero attached hydrogens (tertiary/aromatic N) is 16. The van der Waals surface area contributed by atoms with Gasteiger partial charge in [0.25, 0.3) is 0 Å². The van der Waals surface area contributed by atoms with Crippen LogP contribution in [0, 0.1) is 76.2 Å². The van der Waals surface area contributed by atoms with Crippen LogP contribution in [0.2, 0.25) is 0 Å². The van der Waals surface area contributed by atoms with Crippen molar-refractivity contribution in [3.63, 3.8) is 0 Å². The minimum absolute atomic E-state index is 0.0283. The van der Waals surface area contributed by atoms with Gasteiger partial charge >= 0.3 is 6.18 Å². The van der Waals surface area contributed by atoms with Gasteiger partial charge in [-0.1, -0.05) is 13.8 Å². The Kier molecular flexibility index (Phi) is 32.2. The van der Waals surface area contributed by atoms with Crippen molar-refractivity contribution >= 4 is 0 Å². The molecule has 1 N–H and O–H groups in total. The molecular formula is C65H111F3N16O. The Morgan fingerprint density at radius 2 is 0.753 bits per heavy atom. The van der Waals surface area contributed by atoms with E-state index in [1.165, 1.54) is 50.6 Å². The Bertz CT molecular complexity index is 3000. The van der Waals surface area contributed by atoms with Gasteiger partial charge in [0.15, 0.2) is 5.69 Å². The lowest BCUT2D eigenvalue weighted by Gasteiger charge is -2.08. The van der Waals surface area contributed by atoms with Crippen LogP contribution in [0.3, 0.4) is 0 Å². The number of halogens is 3. The van der Waals surface area contributed by atoms with Crippen LogP contribution in [0.15, 0.2) is 54.9 Å². The highest BCUT2D eigenvalue weighted by atomic mass is 19.4. The third-order valence-corrected chi connectivity index (χ3v) is 13.2. The Hall–Kier alpha value is -6.57. The molecule has 0 aliphatic heterocycles. The molecule has 0 bridgehead atoms. The monoisotopic (exact) mass is 1190 g/mol. The van der Waals surface area contributed by atoms with E-state index in [1.54, 1.807) is 13.8 Å². The first-order valence-corrected chi connectivity index (χ1v) is 30.3. The molecule has 0 aromatic carbocycles. The number of aliphatic hydroxyl groups excluding tert-OH is 1. The van der Waals surface area contributed by atoms with Gasteiger partial charge in [-0.25, -0.2) is 0 Å². The molecule has 0 aliphatic carbocycles. The van der Waals surface area contributed by atoms with Gasteiger partial charge in [-0.15, -0.1) is 0 Å². The zero-order chi connectivity index (χ0) is 65.5. The Labute approximate surface area is 509 Å². The molecule has 0 fully saturated rings. The average Bonchev–Trinajstić information content (AvgIpc) is 4.38. The molecule has 8 rings (SSSR count). The van der Waals surface area contributed by atoms with E-state index in [2.05, 4.69) is 227 Å². The molecule has 0 spiro atoms. The van der Waals surface area contributed by atoms with Crippen molar-refractivity contribution in [3.05, 3.63) is 140 Å². The van der Waals surface area contributed by atoms with E-state index in [1.807, 2.05) is 76.4 Å². The van der Waals surface area contributed by atoms with Crippen LogP contribution in [0.1, 0.15) is 258 Å². The molecule has 0 radical (unpaired) electrons. The lowest BCUT2D eigenvalue weighted by atomic mass is 10.2. The van der Waals surface area contributed by atoms with Crippen LogP contribution in [0.25, 0.3) is 0 Å². The maximum absolute atomic E-state index is 12.0. The van der Waals surface area contributed by atoms with E-state index >= 15 is 0 Å². The Morgan fingerprint density at radius 1 is 0.388 bits per heavy atom. The number of rotatable bonds is 11. The van der Waals surface area contributed by atoms with Gasteiger partial charge in [0, 0.05) is 94.9 Å². The molecule has 20 heteroatoms. The van der Waals surface area contributed by atoms with Crippen LogP contribution in [0.5, 0.6) is 0 Å². The van der Waals surface area contributed by atoms with Gasteiger partial charge in [-0.3, -0.25) is 37.5 Å². The van der Waals surface area contributed by atoms with Crippen molar-refractivity contribution in [2.24, 2.45) is 0 Å². The van der Waals surface area contributed by atoms with Crippen LogP contribution in [-0.4, -0.2) is 83.4 Å². The SMILES string of the molecule is CC(C)n1ccc(C(F)(F)F)n1.CCc1cc(CC)n(C(C)C)n1.Cc1cc(C)n(C(C)C)n1.Cc1cc(C)n(C(C)C)n1.Cc1cc(C)n(C(C)C)n1.Cc1cc(CO)nn1C(C)C.Cc1ccn(C(C)C)n1.Cc1nn(C(C)C)c(C)c1C.